The lowest BCUT2D eigenvalue weighted by atomic mass is 10.3. The molecular formula is C13H22Cl2N2S. The van der Waals surface area contributed by atoms with Crippen molar-refractivity contribution in [3.63, 3.8) is 0 Å². The van der Waals surface area contributed by atoms with Gasteiger partial charge in [-0.2, -0.15) is 0 Å². The van der Waals surface area contributed by atoms with E-state index in [0.717, 1.165) is 0 Å². The summed E-state index contributed by atoms with van der Waals surface area (Å²) in [6.07, 6.45) is 0. The summed E-state index contributed by atoms with van der Waals surface area (Å²) in [6, 6.07) is 10.7. The van der Waals surface area contributed by atoms with E-state index in [-0.39, 0.29) is 24.8 Å². The van der Waals surface area contributed by atoms with Crippen molar-refractivity contribution in [2.24, 2.45) is 0 Å². The zero-order valence-corrected chi connectivity index (χ0v) is 13.2. The number of hydrogen-bond donors (Lipinski definition) is 0. The third-order valence-electron chi connectivity index (χ3n) is 3.02. The molecule has 0 spiro atoms. The summed E-state index contributed by atoms with van der Waals surface area (Å²) in [4.78, 5) is 6.35. The van der Waals surface area contributed by atoms with Gasteiger partial charge in [0.05, 0.1) is 0 Å². The average Bonchev–Trinajstić information content (AvgIpc) is 2.33. The molecule has 2 rings (SSSR count). The van der Waals surface area contributed by atoms with Crippen LogP contribution in [0.2, 0.25) is 0 Å². The van der Waals surface area contributed by atoms with Crippen LogP contribution in [0.15, 0.2) is 35.2 Å². The molecule has 0 unspecified atom stereocenters. The van der Waals surface area contributed by atoms with Crippen LogP contribution in [0.5, 0.6) is 0 Å². The van der Waals surface area contributed by atoms with E-state index in [4.69, 9.17) is 0 Å². The molecule has 0 atom stereocenters. The molecule has 0 bridgehead atoms. The maximum Gasteiger partial charge on any atom is 0.0110 e. The molecule has 0 amide bonds. The summed E-state index contributed by atoms with van der Waals surface area (Å²) in [5.41, 5.74) is 0. The molecule has 1 saturated heterocycles. The minimum absolute atomic E-state index is 0. The lowest BCUT2D eigenvalue weighted by Gasteiger charge is -2.32. The van der Waals surface area contributed by atoms with Crippen molar-refractivity contribution in [2.45, 2.75) is 4.90 Å². The predicted molar refractivity (Wildman–Crippen MR) is 85.6 cm³/mol. The lowest BCUT2D eigenvalue weighted by molar-refractivity contribution is 0.161. The Balaban J connectivity index is 0.00000144. The van der Waals surface area contributed by atoms with Gasteiger partial charge in [-0.3, -0.25) is 4.90 Å². The van der Waals surface area contributed by atoms with E-state index >= 15 is 0 Å². The fourth-order valence-electron chi connectivity index (χ4n) is 1.88. The highest BCUT2D eigenvalue weighted by atomic mass is 35.5. The first kappa shape index (κ1) is 18.1. The number of hydrogen-bond acceptors (Lipinski definition) is 3. The monoisotopic (exact) mass is 308 g/mol. The molecule has 0 aliphatic carbocycles. The van der Waals surface area contributed by atoms with Crippen molar-refractivity contribution in [1.82, 2.24) is 9.80 Å². The molecule has 1 aromatic rings. The third-order valence-corrected chi connectivity index (χ3v) is 4.01. The summed E-state index contributed by atoms with van der Waals surface area (Å²) in [7, 11) is 2.20. The SMILES string of the molecule is CN1CCN(CCSc2ccccc2)CC1.Cl.Cl. The van der Waals surface area contributed by atoms with Gasteiger partial charge in [-0.15, -0.1) is 36.6 Å². The van der Waals surface area contributed by atoms with E-state index < -0.39 is 0 Å². The summed E-state index contributed by atoms with van der Waals surface area (Å²) in [6.45, 7) is 6.11. The van der Waals surface area contributed by atoms with Crippen molar-refractivity contribution in [3.05, 3.63) is 30.3 Å². The largest absolute Gasteiger partial charge is 0.304 e. The molecule has 104 valence electrons. The van der Waals surface area contributed by atoms with Crippen LogP contribution in [0.1, 0.15) is 0 Å². The molecule has 1 aromatic carbocycles. The summed E-state index contributed by atoms with van der Waals surface area (Å²) >= 11 is 1.96. The second-order valence-electron chi connectivity index (χ2n) is 4.31. The number of likely N-dealkylation sites (N-methyl/N-ethyl adjacent to an activating group) is 1. The van der Waals surface area contributed by atoms with Gasteiger partial charge >= 0.3 is 0 Å². The Morgan fingerprint density at radius 2 is 1.61 bits per heavy atom. The van der Waals surface area contributed by atoms with Gasteiger partial charge in [0.1, 0.15) is 0 Å². The topological polar surface area (TPSA) is 6.48 Å². The standard InChI is InChI=1S/C13H20N2S.2ClH/c1-14-7-9-15(10-8-14)11-12-16-13-5-3-2-4-6-13;;/h2-6H,7-12H2,1H3;2*1H. The van der Waals surface area contributed by atoms with Crippen LogP contribution in [0.25, 0.3) is 0 Å². The van der Waals surface area contributed by atoms with E-state index in [2.05, 4.69) is 47.2 Å². The highest BCUT2D eigenvalue weighted by Gasteiger charge is 2.12. The number of halogens is 2. The van der Waals surface area contributed by atoms with Crippen LogP contribution in [0.4, 0.5) is 0 Å². The quantitative estimate of drug-likeness (QED) is 0.790. The molecule has 2 nitrogen and oxygen atoms in total. The van der Waals surface area contributed by atoms with Crippen LogP contribution in [-0.2, 0) is 0 Å². The van der Waals surface area contributed by atoms with Gasteiger partial charge < -0.3 is 4.90 Å². The number of rotatable bonds is 4. The minimum Gasteiger partial charge on any atom is -0.304 e. The Morgan fingerprint density at radius 3 is 2.22 bits per heavy atom. The van der Waals surface area contributed by atoms with E-state index in [9.17, 15) is 0 Å². The Bertz CT molecular complexity index is 303. The van der Waals surface area contributed by atoms with Crippen LogP contribution in [-0.4, -0.2) is 55.3 Å². The molecule has 18 heavy (non-hydrogen) atoms. The van der Waals surface area contributed by atoms with Gasteiger partial charge in [-0.25, -0.2) is 0 Å². The molecule has 0 saturated carbocycles. The molecule has 5 heteroatoms. The Morgan fingerprint density at radius 1 is 1.00 bits per heavy atom. The maximum absolute atomic E-state index is 2.57. The van der Waals surface area contributed by atoms with Crippen molar-refractivity contribution in [1.29, 1.82) is 0 Å². The van der Waals surface area contributed by atoms with Gasteiger partial charge in [0, 0.05) is 43.4 Å². The Hall–Kier alpha value is 0.0700. The third kappa shape index (κ3) is 6.30. The highest BCUT2D eigenvalue weighted by Crippen LogP contribution is 2.16. The highest BCUT2D eigenvalue weighted by molar-refractivity contribution is 7.99. The zero-order valence-electron chi connectivity index (χ0n) is 10.7. The van der Waals surface area contributed by atoms with E-state index in [1.54, 1.807) is 0 Å². The fourth-order valence-corrected chi connectivity index (χ4v) is 2.82. The first-order chi connectivity index (χ1) is 7.84. The van der Waals surface area contributed by atoms with Gasteiger partial charge in [0.2, 0.25) is 0 Å². The Labute approximate surface area is 127 Å². The van der Waals surface area contributed by atoms with Gasteiger partial charge in [-0.05, 0) is 19.2 Å². The summed E-state index contributed by atoms with van der Waals surface area (Å²) in [5.74, 6) is 1.20. The molecule has 0 aromatic heterocycles. The van der Waals surface area contributed by atoms with Gasteiger partial charge in [0.15, 0.2) is 0 Å². The predicted octanol–water partition coefficient (Wildman–Crippen LogP) is 2.87. The first-order valence-electron chi connectivity index (χ1n) is 5.93. The minimum atomic E-state index is 0. The van der Waals surface area contributed by atoms with Crippen molar-refractivity contribution < 1.29 is 0 Å². The van der Waals surface area contributed by atoms with Crippen LogP contribution >= 0.6 is 36.6 Å². The number of benzene rings is 1. The molecule has 0 N–H and O–H groups in total. The van der Waals surface area contributed by atoms with Crippen molar-refractivity contribution >= 4 is 36.6 Å². The Kier molecular flexibility index (Phi) is 9.97. The molecule has 1 aliphatic rings. The van der Waals surface area contributed by atoms with E-state index in [1.165, 1.54) is 43.4 Å². The second-order valence-corrected chi connectivity index (χ2v) is 5.47. The molecule has 0 radical (unpaired) electrons. The normalized spacial score (nSPS) is 16.7. The fraction of sp³-hybridized carbons (Fsp3) is 0.538. The smallest absolute Gasteiger partial charge is 0.0110 e. The zero-order chi connectivity index (χ0) is 11.2. The van der Waals surface area contributed by atoms with Crippen LogP contribution in [0, 0.1) is 0 Å². The van der Waals surface area contributed by atoms with E-state index in [0.29, 0.717) is 0 Å². The molecular weight excluding hydrogens is 287 g/mol. The van der Waals surface area contributed by atoms with Gasteiger partial charge in [0.25, 0.3) is 0 Å². The summed E-state index contributed by atoms with van der Waals surface area (Å²) < 4.78 is 0. The molecule has 1 heterocycles. The lowest BCUT2D eigenvalue weighted by Crippen LogP contribution is -2.45. The van der Waals surface area contributed by atoms with Crippen molar-refractivity contribution in [2.75, 3.05) is 45.5 Å². The summed E-state index contributed by atoms with van der Waals surface area (Å²) in [5, 5.41) is 0. The average molecular weight is 309 g/mol. The van der Waals surface area contributed by atoms with E-state index in [1.807, 2.05) is 11.8 Å². The first-order valence-corrected chi connectivity index (χ1v) is 6.92. The van der Waals surface area contributed by atoms with Crippen LogP contribution in [0.3, 0.4) is 0 Å². The van der Waals surface area contributed by atoms with Gasteiger partial charge in [-0.1, -0.05) is 18.2 Å². The number of thioether (sulfide) groups is 1. The van der Waals surface area contributed by atoms with Crippen LogP contribution < -0.4 is 0 Å². The maximum atomic E-state index is 2.57. The number of piperazine rings is 1. The molecule has 1 fully saturated rings. The number of nitrogens with zero attached hydrogens (tertiary/aromatic N) is 2. The second kappa shape index (κ2) is 9.93. The van der Waals surface area contributed by atoms with Crippen molar-refractivity contribution in [3.8, 4) is 0 Å². The molecule has 1 aliphatic heterocycles.